The van der Waals surface area contributed by atoms with Crippen molar-refractivity contribution in [3.63, 3.8) is 0 Å². The van der Waals surface area contributed by atoms with E-state index in [1.807, 2.05) is 20.8 Å². The quantitative estimate of drug-likeness (QED) is 0.826. The molecule has 0 spiro atoms. The molecule has 3 aliphatic heterocycles. The van der Waals surface area contributed by atoms with Gasteiger partial charge in [-0.25, -0.2) is 0 Å². The first-order valence-electron chi connectivity index (χ1n) is 9.66. The molecule has 0 aliphatic carbocycles. The molecule has 3 heterocycles. The van der Waals surface area contributed by atoms with Crippen LogP contribution in [0.25, 0.3) is 0 Å². The van der Waals surface area contributed by atoms with E-state index in [1.165, 1.54) is 16.7 Å². The van der Waals surface area contributed by atoms with Gasteiger partial charge in [-0.15, -0.1) is 0 Å². The van der Waals surface area contributed by atoms with Crippen molar-refractivity contribution in [1.82, 2.24) is 4.90 Å². The summed E-state index contributed by atoms with van der Waals surface area (Å²) in [6.45, 7) is 9.39. The standard InChI is InChI=1S/C21H29NO3/c1-21(2,3)20(23)22-8-4-14(5-9-22)12-17-16-7-11-24-18(16)13-15-6-10-25-19(15)17/h13-14H,4-12H2,1-3H3. The molecule has 1 fully saturated rings. The van der Waals surface area contributed by atoms with Crippen LogP contribution >= 0.6 is 0 Å². The number of hydrogen-bond acceptors (Lipinski definition) is 3. The minimum Gasteiger partial charge on any atom is -0.493 e. The van der Waals surface area contributed by atoms with Crippen molar-refractivity contribution in [2.24, 2.45) is 11.3 Å². The highest BCUT2D eigenvalue weighted by Gasteiger charge is 2.32. The molecule has 136 valence electrons. The molecular weight excluding hydrogens is 314 g/mol. The van der Waals surface area contributed by atoms with E-state index in [2.05, 4.69) is 11.0 Å². The number of ether oxygens (including phenoxy) is 2. The van der Waals surface area contributed by atoms with Gasteiger partial charge in [0.15, 0.2) is 0 Å². The van der Waals surface area contributed by atoms with Crippen molar-refractivity contribution in [3.8, 4) is 11.5 Å². The number of amides is 1. The summed E-state index contributed by atoms with van der Waals surface area (Å²) in [4.78, 5) is 14.5. The van der Waals surface area contributed by atoms with Crippen LogP contribution in [0.1, 0.15) is 50.3 Å². The van der Waals surface area contributed by atoms with Gasteiger partial charge < -0.3 is 14.4 Å². The van der Waals surface area contributed by atoms with Crippen molar-refractivity contribution in [2.45, 2.75) is 52.9 Å². The Kier molecular flexibility index (Phi) is 4.17. The minimum atomic E-state index is -0.279. The van der Waals surface area contributed by atoms with Crippen LogP contribution in [0.15, 0.2) is 6.07 Å². The number of hydrogen-bond donors (Lipinski definition) is 0. The van der Waals surface area contributed by atoms with Crippen LogP contribution in [0, 0.1) is 11.3 Å². The maximum atomic E-state index is 12.5. The Morgan fingerprint density at radius 1 is 1.16 bits per heavy atom. The average Bonchev–Trinajstić information content (AvgIpc) is 3.22. The first kappa shape index (κ1) is 16.7. The van der Waals surface area contributed by atoms with E-state index in [-0.39, 0.29) is 11.3 Å². The van der Waals surface area contributed by atoms with Gasteiger partial charge in [-0.3, -0.25) is 4.79 Å². The average molecular weight is 343 g/mol. The number of carbonyl (C=O) groups is 1. The number of nitrogens with zero attached hydrogens (tertiary/aromatic N) is 1. The van der Waals surface area contributed by atoms with Crippen LogP contribution in [-0.4, -0.2) is 37.1 Å². The lowest BCUT2D eigenvalue weighted by molar-refractivity contribution is -0.140. The van der Waals surface area contributed by atoms with Gasteiger partial charge in [-0.2, -0.15) is 0 Å². The molecule has 4 nitrogen and oxygen atoms in total. The van der Waals surface area contributed by atoms with Gasteiger partial charge in [0.25, 0.3) is 0 Å². The van der Waals surface area contributed by atoms with Gasteiger partial charge in [-0.05, 0) is 31.2 Å². The molecule has 0 radical (unpaired) electrons. The fourth-order valence-electron chi connectivity index (χ4n) is 4.40. The molecule has 1 amide bonds. The molecule has 0 atom stereocenters. The lowest BCUT2D eigenvalue weighted by Crippen LogP contribution is -2.44. The normalized spacial score (nSPS) is 20.0. The third-order valence-electron chi connectivity index (χ3n) is 5.80. The van der Waals surface area contributed by atoms with Crippen LogP contribution in [0.2, 0.25) is 0 Å². The molecule has 4 heteroatoms. The first-order valence-corrected chi connectivity index (χ1v) is 9.66. The molecule has 0 aromatic heterocycles. The van der Waals surface area contributed by atoms with Gasteiger partial charge in [0, 0.05) is 48.0 Å². The SMILES string of the molecule is CC(C)(C)C(=O)N1CCC(Cc2c3c(cc4c2OCC4)OCC3)CC1. The summed E-state index contributed by atoms with van der Waals surface area (Å²) < 4.78 is 11.8. The van der Waals surface area contributed by atoms with E-state index in [0.29, 0.717) is 5.92 Å². The zero-order valence-electron chi connectivity index (χ0n) is 15.7. The summed E-state index contributed by atoms with van der Waals surface area (Å²) in [5.74, 6) is 3.13. The van der Waals surface area contributed by atoms with Gasteiger partial charge in [0.05, 0.1) is 13.2 Å². The fourth-order valence-corrected chi connectivity index (χ4v) is 4.40. The molecule has 1 aromatic carbocycles. The van der Waals surface area contributed by atoms with Gasteiger partial charge in [-0.1, -0.05) is 20.8 Å². The molecule has 25 heavy (non-hydrogen) atoms. The predicted octanol–water partition coefficient (Wildman–Crippen LogP) is 3.38. The summed E-state index contributed by atoms with van der Waals surface area (Å²) in [7, 11) is 0. The van der Waals surface area contributed by atoms with E-state index < -0.39 is 0 Å². The maximum Gasteiger partial charge on any atom is 0.227 e. The summed E-state index contributed by atoms with van der Waals surface area (Å²) in [6.07, 6.45) is 5.23. The van der Waals surface area contributed by atoms with Gasteiger partial charge in [0.2, 0.25) is 5.91 Å². The summed E-state index contributed by atoms with van der Waals surface area (Å²) in [5, 5.41) is 0. The number of benzene rings is 1. The third-order valence-corrected chi connectivity index (χ3v) is 5.80. The van der Waals surface area contributed by atoms with E-state index in [1.54, 1.807) is 0 Å². The van der Waals surface area contributed by atoms with Gasteiger partial charge >= 0.3 is 0 Å². The molecule has 1 saturated heterocycles. The van der Waals surface area contributed by atoms with Crippen molar-refractivity contribution in [2.75, 3.05) is 26.3 Å². The highest BCUT2D eigenvalue weighted by molar-refractivity contribution is 5.81. The Morgan fingerprint density at radius 3 is 2.60 bits per heavy atom. The fraction of sp³-hybridized carbons (Fsp3) is 0.667. The molecule has 4 rings (SSSR count). The van der Waals surface area contributed by atoms with E-state index in [9.17, 15) is 4.79 Å². The van der Waals surface area contributed by atoms with Crippen molar-refractivity contribution >= 4 is 5.91 Å². The molecule has 0 unspecified atom stereocenters. The smallest absolute Gasteiger partial charge is 0.227 e. The van der Waals surface area contributed by atoms with E-state index in [0.717, 1.165) is 69.9 Å². The van der Waals surface area contributed by atoms with Crippen molar-refractivity contribution in [3.05, 3.63) is 22.8 Å². The summed E-state index contributed by atoms with van der Waals surface area (Å²) in [5.41, 5.74) is 3.80. The Hall–Kier alpha value is -1.71. The monoisotopic (exact) mass is 343 g/mol. The van der Waals surface area contributed by atoms with E-state index >= 15 is 0 Å². The first-order chi connectivity index (χ1) is 11.9. The highest BCUT2D eigenvalue weighted by atomic mass is 16.5. The van der Waals surface area contributed by atoms with Crippen LogP contribution < -0.4 is 9.47 Å². The predicted molar refractivity (Wildman–Crippen MR) is 97.3 cm³/mol. The number of rotatable bonds is 2. The Morgan fingerprint density at radius 2 is 1.88 bits per heavy atom. The zero-order valence-corrected chi connectivity index (χ0v) is 15.7. The molecule has 0 N–H and O–H groups in total. The molecule has 0 bridgehead atoms. The van der Waals surface area contributed by atoms with E-state index in [4.69, 9.17) is 9.47 Å². The third kappa shape index (κ3) is 3.11. The Bertz CT molecular complexity index is 649. The molecule has 0 saturated carbocycles. The topological polar surface area (TPSA) is 38.8 Å². The molecular formula is C21H29NO3. The molecule has 1 aromatic rings. The number of fused-ring (bicyclic) bond motifs is 2. The van der Waals surface area contributed by atoms with Gasteiger partial charge in [0.1, 0.15) is 11.5 Å². The largest absolute Gasteiger partial charge is 0.493 e. The Balaban J connectivity index is 1.47. The number of piperidine rings is 1. The second kappa shape index (κ2) is 6.22. The second-order valence-corrected chi connectivity index (χ2v) is 8.71. The number of carbonyl (C=O) groups excluding carboxylic acids is 1. The summed E-state index contributed by atoms with van der Waals surface area (Å²) >= 11 is 0. The van der Waals surface area contributed by atoms with Crippen LogP contribution in [0.3, 0.4) is 0 Å². The highest BCUT2D eigenvalue weighted by Crippen LogP contribution is 2.42. The minimum absolute atomic E-state index is 0.279. The van der Waals surface area contributed by atoms with Crippen molar-refractivity contribution < 1.29 is 14.3 Å². The van der Waals surface area contributed by atoms with Crippen LogP contribution in [0.5, 0.6) is 11.5 Å². The lowest BCUT2D eigenvalue weighted by atomic mass is 9.85. The zero-order chi connectivity index (χ0) is 17.6. The Labute approximate surface area is 150 Å². The van der Waals surface area contributed by atoms with Crippen LogP contribution in [0.4, 0.5) is 0 Å². The lowest BCUT2D eigenvalue weighted by Gasteiger charge is -2.36. The maximum absolute atomic E-state index is 12.5. The molecule has 3 aliphatic rings. The van der Waals surface area contributed by atoms with Crippen LogP contribution in [-0.2, 0) is 24.1 Å². The number of likely N-dealkylation sites (tertiary alicyclic amines) is 1. The summed E-state index contributed by atoms with van der Waals surface area (Å²) in [6, 6.07) is 2.19. The van der Waals surface area contributed by atoms with Crippen molar-refractivity contribution in [1.29, 1.82) is 0 Å². The second-order valence-electron chi connectivity index (χ2n) is 8.71.